The number of para-hydroxylation sites is 1. The number of nitrogens with zero attached hydrogens (tertiary/aromatic N) is 3. The van der Waals surface area contributed by atoms with Gasteiger partial charge in [-0.1, -0.05) is 29.5 Å². The zero-order valence-electron chi connectivity index (χ0n) is 23.2. The van der Waals surface area contributed by atoms with Crippen LogP contribution in [0.15, 0.2) is 57.5 Å². The maximum Gasteiger partial charge on any atom is 0.271 e. The van der Waals surface area contributed by atoms with Crippen LogP contribution in [0, 0.1) is 0 Å². The van der Waals surface area contributed by atoms with Crippen molar-refractivity contribution in [3.63, 3.8) is 0 Å². The molecule has 0 unspecified atom stereocenters. The second-order valence-electron chi connectivity index (χ2n) is 8.75. The number of hydrogen-bond donors (Lipinski definition) is 0. The van der Waals surface area contributed by atoms with Gasteiger partial charge in [0.1, 0.15) is 29.0 Å². The van der Waals surface area contributed by atoms with E-state index in [9.17, 15) is 9.59 Å². The molecule has 1 aliphatic rings. The number of thiazole rings is 1. The van der Waals surface area contributed by atoms with Gasteiger partial charge in [0, 0.05) is 30.8 Å². The summed E-state index contributed by atoms with van der Waals surface area (Å²) < 4.78 is 24.2. The van der Waals surface area contributed by atoms with Crippen LogP contribution in [0.1, 0.15) is 37.9 Å². The second kappa shape index (κ2) is 11.8. The number of carbonyl (C=O) groups is 1. The molecule has 0 aliphatic carbocycles. The third-order valence-corrected chi connectivity index (χ3v) is 7.75. The molecule has 10 heteroatoms. The molecule has 0 N–H and O–H groups in total. The highest BCUT2D eigenvalue weighted by Crippen LogP contribution is 2.37. The molecule has 0 bridgehead atoms. The van der Waals surface area contributed by atoms with Gasteiger partial charge in [0.2, 0.25) is 0 Å². The molecule has 1 aromatic heterocycles. The summed E-state index contributed by atoms with van der Waals surface area (Å²) in [4.78, 5) is 34.9. The molecule has 206 valence electrons. The second-order valence-corrected chi connectivity index (χ2v) is 9.76. The molecule has 2 heterocycles. The lowest BCUT2D eigenvalue weighted by atomic mass is 9.94. The molecule has 2 aromatic carbocycles. The van der Waals surface area contributed by atoms with Crippen LogP contribution in [0.4, 0.5) is 0 Å². The zero-order chi connectivity index (χ0) is 28.3. The van der Waals surface area contributed by atoms with Gasteiger partial charge in [-0.2, -0.15) is 0 Å². The lowest BCUT2D eigenvalue weighted by Gasteiger charge is -2.29. The number of amides is 1. The molecule has 3 aromatic rings. The highest BCUT2D eigenvalue weighted by Gasteiger charge is 2.35. The summed E-state index contributed by atoms with van der Waals surface area (Å²) in [6, 6.07) is 10.2. The fourth-order valence-electron chi connectivity index (χ4n) is 4.77. The molecular weight excluding hydrogens is 518 g/mol. The van der Waals surface area contributed by atoms with Crippen LogP contribution in [-0.4, -0.2) is 56.9 Å². The van der Waals surface area contributed by atoms with Crippen molar-refractivity contribution in [1.29, 1.82) is 0 Å². The minimum Gasteiger partial charge on any atom is -0.496 e. The molecular formula is C29H33N3O6S. The van der Waals surface area contributed by atoms with E-state index in [0.29, 0.717) is 67.8 Å². The van der Waals surface area contributed by atoms with Crippen LogP contribution in [0.3, 0.4) is 0 Å². The van der Waals surface area contributed by atoms with Crippen molar-refractivity contribution in [3.05, 3.63) is 78.5 Å². The van der Waals surface area contributed by atoms with Crippen molar-refractivity contribution in [2.45, 2.75) is 26.8 Å². The molecule has 0 fully saturated rings. The van der Waals surface area contributed by atoms with Crippen LogP contribution in [0.5, 0.6) is 23.0 Å². The first-order valence-corrected chi connectivity index (χ1v) is 13.4. The Hall–Kier alpha value is -4.05. The molecule has 1 amide bonds. The van der Waals surface area contributed by atoms with E-state index in [1.807, 2.05) is 45.0 Å². The lowest BCUT2D eigenvalue weighted by molar-refractivity contribution is -0.127. The number of fused-ring (bicyclic) bond motifs is 1. The van der Waals surface area contributed by atoms with Crippen molar-refractivity contribution in [2.75, 3.05) is 41.5 Å². The SMILES string of the molecule is CCN(CC)C(=O)C1=C(C)N=c2s/c(=C/c3c(OC)cc(OC)cc3OC)c(=O)n2[C@@H]1c1ccccc1OC. The minimum atomic E-state index is -0.715. The van der Waals surface area contributed by atoms with Crippen LogP contribution >= 0.6 is 11.3 Å². The fourth-order valence-corrected chi connectivity index (χ4v) is 5.80. The number of carbonyl (C=O) groups excluding carboxylic acids is 1. The summed E-state index contributed by atoms with van der Waals surface area (Å²) in [5, 5.41) is 0. The van der Waals surface area contributed by atoms with Crippen LogP contribution in [-0.2, 0) is 4.79 Å². The predicted octanol–water partition coefficient (Wildman–Crippen LogP) is 3.14. The van der Waals surface area contributed by atoms with E-state index in [1.165, 1.54) is 11.3 Å². The average molecular weight is 552 g/mol. The summed E-state index contributed by atoms with van der Waals surface area (Å²) in [6.45, 7) is 6.74. The van der Waals surface area contributed by atoms with Gasteiger partial charge in [-0.3, -0.25) is 14.2 Å². The molecule has 1 aliphatic heterocycles. The van der Waals surface area contributed by atoms with E-state index >= 15 is 0 Å². The van der Waals surface area contributed by atoms with Gasteiger partial charge in [-0.15, -0.1) is 0 Å². The predicted molar refractivity (Wildman–Crippen MR) is 151 cm³/mol. The molecule has 0 saturated carbocycles. The lowest BCUT2D eigenvalue weighted by Crippen LogP contribution is -2.43. The zero-order valence-corrected chi connectivity index (χ0v) is 24.0. The highest BCUT2D eigenvalue weighted by atomic mass is 32.1. The first-order valence-electron chi connectivity index (χ1n) is 12.6. The van der Waals surface area contributed by atoms with E-state index in [0.717, 1.165) is 0 Å². The van der Waals surface area contributed by atoms with Gasteiger partial charge < -0.3 is 23.8 Å². The third-order valence-electron chi connectivity index (χ3n) is 6.76. The number of allylic oxidation sites excluding steroid dienone is 1. The van der Waals surface area contributed by atoms with E-state index < -0.39 is 6.04 Å². The van der Waals surface area contributed by atoms with Gasteiger partial charge in [0.25, 0.3) is 11.5 Å². The van der Waals surface area contributed by atoms with Crippen molar-refractivity contribution >= 4 is 23.3 Å². The Morgan fingerprint density at radius 2 is 1.62 bits per heavy atom. The Morgan fingerprint density at radius 3 is 2.18 bits per heavy atom. The van der Waals surface area contributed by atoms with Crippen molar-refractivity contribution < 1.29 is 23.7 Å². The minimum absolute atomic E-state index is 0.162. The van der Waals surface area contributed by atoms with Crippen molar-refractivity contribution in [3.8, 4) is 23.0 Å². The fraction of sp³-hybridized carbons (Fsp3) is 0.345. The average Bonchev–Trinajstić information content (AvgIpc) is 3.26. The molecule has 1 atom stereocenters. The van der Waals surface area contributed by atoms with E-state index in [2.05, 4.69) is 0 Å². The summed E-state index contributed by atoms with van der Waals surface area (Å²) in [5.41, 5.74) is 2.02. The standard InChI is InChI=1S/C29H33N3O6S/c1-8-31(9-2)28(34)25-17(3)30-29-32(26(25)19-12-10-11-13-21(19)36-5)27(33)24(39-29)16-20-22(37-6)14-18(35-4)15-23(20)38-7/h10-16,26H,8-9H2,1-7H3/b24-16+/t26-/m1/s1. The molecule has 39 heavy (non-hydrogen) atoms. The summed E-state index contributed by atoms with van der Waals surface area (Å²) >= 11 is 1.24. The van der Waals surface area contributed by atoms with Crippen molar-refractivity contribution in [1.82, 2.24) is 9.47 Å². The Labute approximate surface area is 231 Å². The van der Waals surface area contributed by atoms with E-state index in [-0.39, 0.29) is 11.5 Å². The molecule has 9 nitrogen and oxygen atoms in total. The van der Waals surface area contributed by atoms with Gasteiger partial charge in [-0.25, -0.2) is 4.99 Å². The largest absolute Gasteiger partial charge is 0.496 e. The Kier molecular flexibility index (Phi) is 8.44. The number of ether oxygens (including phenoxy) is 4. The molecule has 4 rings (SSSR count). The highest BCUT2D eigenvalue weighted by molar-refractivity contribution is 7.07. The molecule has 0 spiro atoms. The maximum absolute atomic E-state index is 14.1. The normalized spacial score (nSPS) is 14.9. The summed E-state index contributed by atoms with van der Waals surface area (Å²) in [7, 11) is 6.23. The van der Waals surface area contributed by atoms with Gasteiger partial charge in [0.15, 0.2) is 4.80 Å². The quantitative estimate of drug-likeness (QED) is 0.406. The summed E-state index contributed by atoms with van der Waals surface area (Å²) in [5.74, 6) is 1.97. The number of methoxy groups -OCH3 is 4. The summed E-state index contributed by atoms with van der Waals surface area (Å²) in [6.07, 6.45) is 1.73. The van der Waals surface area contributed by atoms with Crippen LogP contribution in [0.25, 0.3) is 6.08 Å². The van der Waals surface area contributed by atoms with Crippen molar-refractivity contribution in [2.24, 2.45) is 4.99 Å². The topological polar surface area (TPSA) is 91.6 Å². The monoisotopic (exact) mass is 551 g/mol. The number of aromatic nitrogens is 1. The molecule has 0 radical (unpaired) electrons. The molecule has 0 saturated heterocycles. The van der Waals surface area contributed by atoms with E-state index in [1.54, 1.807) is 56.1 Å². The maximum atomic E-state index is 14.1. The Bertz CT molecular complexity index is 1570. The number of rotatable bonds is 9. The van der Waals surface area contributed by atoms with Gasteiger partial charge in [0.05, 0.1) is 49.8 Å². The number of hydrogen-bond acceptors (Lipinski definition) is 8. The number of benzene rings is 2. The Morgan fingerprint density at radius 1 is 1.00 bits per heavy atom. The first kappa shape index (κ1) is 28.0. The smallest absolute Gasteiger partial charge is 0.271 e. The Balaban J connectivity index is 2.03. The van der Waals surface area contributed by atoms with Gasteiger partial charge >= 0.3 is 0 Å². The third kappa shape index (κ3) is 5.04. The first-order chi connectivity index (χ1) is 18.8. The van der Waals surface area contributed by atoms with Gasteiger partial charge in [-0.05, 0) is 32.9 Å². The van der Waals surface area contributed by atoms with E-state index in [4.69, 9.17) is 23.9 Å². The number of likely N-dealkylation sites (N-methyl/N-ethyl adjacent to an activating group) is 1. The van der Waals surface area contributed by atoms with Crippen LogP contribution < -0.4 is 33.8 Å². The van der Waals surface area contributed by atoms with Crippen LogP contribution in [0.2, 0.25) is 0 Å².